The average Bonchev–Trinajstić information content (AvgIpc) is 3.06. The second kappa shape index (κ2) is 8.49. The molecular weight excluding hydrogens is 348 g/mol. The first kappa shape index (κ1) is 19.2. The van der Waals surface area contributed by atoms with Crippen molar-refractivity contribution in [3.8, 4) is 0 Å². The number of benzene rings is 3. The highest BCUT2D eigenvalue weighted by molar-refractivity contribution is 5.62. The molecule has 0 amide bonds. The van der Waals surface area contributed by atoms with Gasteiger partial charge >= 0.3 is 0 Å². The summed E-state index contributed by atoms with van der Waals surface area (Å²) in [5, 5.41) is 0. The minimum atomic E-state index is -0.347. The van der Waals surface area contributed by atoms with Gasteiger partial charge in [-0.25, -0.2) is 0 Å². The predicted octanol–water partition coefficient (Wildman–Crippen LogP) is 7.59. The third-order valence-corrected chi connectivity index (χ3v) is 5.85. The van der Waals surface area contributed by atoms with E-state index in [0.29, 0.717) is 5.92 Å². The van der Waals surface area contributed by atoms with Crippen molar-refractivity contribution >= 4 is 0 Å². The molecule has 4 rings (SSSR count). The average molecular weight is 377 g/mol. The maximum absolute atomic E-state index is 2.37. The standard InChI is InChI=1S/C29H28/c1-23(2)24-19-21-28(22-20-24)29(26-15-9-5-10-16-26,27-17-11-6-12-18-27)25-13-7-3-4-8-14-25/h3-7,9-23H,8H2,1-2H3. The monoisotopic (exact) mass is 376 g/mol. The zero-order chi connectivity index (χ0) is 20.1. The van der Waals surface area contributed by atoms with E-state index in [1.54, 1.807) is 0 Å². The second-order valence-corrected chi connectivity index (χ2v) is 7.94. The lowest BCUT2D eigenvalue weighted by molar-refractivity contribution is 0.738. The first-order valence-corrected chi connectivity index (χ1v) is 10.5. The van der Waals surface area contributed by atoms with E-state index in [-0.39, 0.29) is 5.41 Å². The Balaban J connectivity index is 2.05. The molecule has 0 nitrogen and oxygen atoms in total. The highest BCUT2D eigenvalue weighted by Gasteiger charge is 2.38. The lowest BCUT2D eigenvalue weighted by Crippen LogP contribution is -2.31. The molecule has 29 heavy (non-hydrogen) atoms. The highest BCUT2D eigenvalue weighted by Crippen LogP contribution is 2.46. The Morgan fingerprint density at radius 3 is 1.76 bits per heavy atom. The number of rotatable bonds is 5. The van der Waals surface area contributed by atoms with Gasteiger partial charge in [0.1, 0.15) is 0 Å². The molecule has 144 valence electrons. The van der Waals surface area contributed by atoms with E-state index in [1.807, 2.05) is 0 Å². The Labute approximate surface area is 174 Å². The van der Waals surface area contributed by atoms with Crippen molar-refractivity contribution in [1.82, 2.24) is 0 Å². The topological polar surface area (TPSA) is 0 Å². The maximum Gasteiger partial charge on any atom is 0.0698 e. The summed E-state index contributed by atoms with van der Waals surface area (Å²) in [4.78, 5) is 0. The van der Waals surface area contributed by atoms with Crippen LogP contribution in [0.25, 0.3) is 0 Å². The van der Waals surface area contributed by atoms with Gasteiger partial charge in [0.05, 0.1) is 5.41 Å². The lowest BCUT2D eigenvalue weighted by Gasteiger charge is -2.38. The Morgan fingerprint density at radius 1 is 0.655 bits per heavy atom. The molecular formula is C29H28. The quantitative estimate of drug-likeness (QED) is 0.402. The van der Waals surface area contributed by atoms with Crippen LogP contribution in [0.2, 0.25) is 0 Å². The molecule has 0 atom stereocenters. The number of allylic oxidation sites excluding steroid dienone is 6. The Bertz CT molecular complexity index is 977. The van der Waals surface area contributed by atoms with E-state index in [4.69, 9.17) is 0 Å². The molecule has 0 unspecified atom stereocenters. The van der Waals surface area contributed by atoms with E-state index in [0.717, 1.165) is 6.42 Å². The summed E-state index contributed by atoms with van der Waals surface area (Å²) in [5.41, 5.74) is 6.23. The summed E-state index contributed by atoms with van der Waals surface area (Å²) in [6.07, 6.45) is 12.1. The van der Waals surface area contributed by atoms with Crippen LogP contribution in [0.15, 0.2) is 121 Å². The molecule has 0 heterocycles. The first-order chi connectivity index (χ1) is 14.2. The van der Waals surface area contributed by atoms with Gasteiger partial charge in [-0.2, -0.15) is 0 Å². The van der Waals surface area contributed by atoms with Crippen molar-refractivity contribution in [1.29, 1.82) is 0 Å². The fourth-order valence-electron chi connectivity index (χ4n) is 4.35. The van der Waals surface area contributed by atoms with E-state index in [2.05, 4.69) is 129 Å². The predicted molar refractivity (Wildman–Crippen MR) is 124 cm³/mol. The Kier molecular flexibility index (Phi) is 5.62. The van der Waals surface area contributed by atoms with Gasteiger partial charge < -0.3 is 0 Å². The van der Waals surface area contributed by atoms with Crippen LogP contribution in [0.5, 0.6) is 0 Å². The SMILES string of the molecule is CC(C)c1ccc(C(C2=CCC=CC=C2)(c2ccccc2)c2ccccc2)cc1. The third kappa shape index (κ3) is 3.63. The van der Waals surface area contributed by atoms with Gasteiger partial charge in [0, 0.05) is 0 Å². The summed E-state index contributed by atoms with van der Waals surface area (Å²) < 4.78 is 0. The van der Waals surface area contributed by atoms with E-state index in [9.17, 15) is 0 Å². The van der Waals surface area contributed by atoms with Gasteiger partial charge in [0.15, 0.2) is 0 Å². The van der Waals surface area contributed by atoms with Crippen molar-refractivity contribution in [3.05, 3.63) is 143 Å². The lowest BCUT2D eigenvalue weighted by atomic mass is 9.64. The van der Waals surface area contributed by atoms with Crippen molar-refractivity contribution in [3.63, 3.8) is 0 Å². The summed E-state index contributed by atoms with van der Waals surface area (Å²) in [6.45, 7) is 4.50. The van der Waals surface area contributed by atoms with Crippen molar-refractivity contribution < 1.29 is 0 Å². The molecule has 1 aliphatic carbocycles. The van der Waals surface area contributed by atoms with Crippen LogP contribution in [-0.2, 0) is 5.41 Å². The smallest absolute Gasteiger partial charge is 0.0698 e. The summed E-state index contributed by atoms with van der Waals surface area (Å²) in [6, 6.07) is 31.1. The molecule has 1 aliphatic rings. The fraction of sp³-hybridized carbons (Fsp3) is 0.172. The summed E-state index contributed by atoms with van der Waals surface area (Å²) >= 11 is 0. The molecule has 0 fully saturated rings. The molecule has 3 aromatic rings. The molecule has 0 heteroatoms. The van der Waals surface area contributed by atoms with E-state index >= 15 is 0 Å². The van der Waals surface area contributed by atoms with Crippen LogP contribution in [0.1, 0.15) is 48.4 Å². The molecule has 0 N–H and O–H groups in total. The van der Waals surface area contributed by atoms with Crippen LogP contribution in [0.4, 0.5) is 0 Å². The van der Waals surface area contributed by atoms with E-state index in [1.165, 1.54) is 27.8 Å². The molecule has 0 bridgehead atoms. The van der Waals surface area contributed by atoms with Crippen LogP contribution in [-0.4, -0.2) is 0 Å². The summed E-state index contributed by atoms with van der Waals surface area (Å²) in [5.74, 6) is 0.521. The van der Waals surface area contributed by atoms with Gasteiger partial charge in [-0.15, -0.1) is 0 Å². The molecule has 0 saturated heterocycles. The molecule has 0 radical (unpaired) electrons. The second-order valence-electron chi connectivity index (χ2n) is 7.94. The zero-order valence-corrected chi connectivity index (χ0v) is 17.3. The number of hydrogen-bond donors (Lipinski definition) is 0. The summed E-state index contributed by atoms with van der Waals surface area (Å²) in [7, 11) is 0. The van der Waals surface area contributed by atoms with Crippen LogP contribution in [0, 0.1) is 0 Å². The third-order valence-electron chi connectivity index (χ3n) is 5.85. The molecule has 0 saturated carbocycles. The van der Waals surface area contributed by atoms with Crippen LogP contribution < -0.4 is 0 Å². The molecule has 3 aromatic carbocycles. The van der Waals surface area contributed by atoms with Crippen LogP contribution >= 0.6 is 0 Å². The van der Waals surface area contributed by atoms with Crippen molar-refractivity contribution in [2.75, 3.05) is 0 Å². The van der Waals surface area contributed by atoms with E-state index < -0.39 is 0 Å². The normalized spacial score (nSPS) is 14.0. The van der Waals surface area contributed by atoms with Gasteiger partial charge in [-0.05, 0) is 40.2 Å². The van der Waals surface area contributed by atoms with Gasteiger partial charge in [-0.1, -0.05) is 129 Å². The van der Waals surface area contributed by atoms with Crippen molar-refractivity contribution in [2.24, 2.45) is 0 Å². The fourth-order valence-corrected chi connectivity index (χ4v) is 4.35. The zero-order valence-electron chi connectivity index (χ0n) is 17.3. The van der Waals surface area contributed by atoms with Gasteiger partial charge in [-0.3, -0.25) is 0 Å². The minimum absolute atomic E-state index is 0.347. The van der Waals surface area contributed by atoms with Crippen LogP contribution in [0.3, 0.4) is 0 Å². The van der Waals surface area contributed by atoms with Gasteiger partial charge in [0.2, 0.25) is 0 Å². The van der Waals surface area contributed by atoms with Crippen molar-refractivity contribution in [2.45, 2.75) is 31.6 Å². The molecule has 0 spiro atoms. The minimum Gasteiger partial charge on any atom is -0.0807 e. The number of hydrogen-bond acceptors (Lipinski definition) is 0. The largest absolute Gasteiger partial charge is 0.0807 e. The van der Waals surface area contributed by atoms with Gasteiger partial charge in [0.25, 0.3) is 0 Å². The highest BCUT2D eigenvalue weighted by atomic mass is 14.4. The molecule has 0 aliphatic heterocycles. The maximum atomic E-state index is 2.37. The Hall–Kier alpha value is -3.12. The Morgan fingerprint density at radius 2 is 1.21 bits per heavy atom. The first-order valence-electron chi connectivity index (χ1n) is 10.5. The molecule has 0 aromatic heterocycles.